The smallest absolute Gasteiger partial charge is 0.234 e. The second-order valence-corrected chi connectivity index (χ2v) is 4.07. The van der Waals surface area contributed by atoms with Crippen molar-refractivity contribution in [2.45, 2.75) is 18.7 Å². The first-order valence-corrected chi connectivity index (χ1v) is 5.30. The molecule has 1 aromatic carbocycles. The summed E-state index contributed by atoms with van der Waals surface area (Å²) in [6.07, 6.45) is 0.281. The second kappa shape index (κ2) is 4.61. The number of nitrogens with zero attached hydrogens (tertiary/aromatic N) is 2. The monoisotopic (exact) mass is 240 g/mol. The molecule has 84 valence electrons. The van der Waals surface area contributed by atoms with Crippen LogP contribution in [0, 0.1) is 5.82 Å². The summed E-state index contributed by atoms with van der Waals surface area (Å²) in [6, 6.07) is 6.49. The van der Waals surface area contributed by atoms with E-state index < -0.39 is 0 Å². The van der Waals surface area contributed by atoms with Crippen LogP contribution in [0.4, 0.5) is 4.39 Å². The summed E-state index contributed by atoms with van der Waals surface area (Å²) >= 11 is 5.78. The van der Waals surface area contributed by atoms with Crippen molar-refractivity contribution in [3.8, 4) is 0 Å². The molecule has 16 heavy (non-hydrogen) atoms. The van der Waals surface area contributed by atoms with Gasteiger partial charge < -0.3 is 4.42 Å². The normalized spacial score (nSPS) is 12.7. The van der Waals surface area contributed by atoms with Crippen molar-refractivity contribution < 1.29 is 8.81 Å². The van der Waals surface area contributed by atoms with Gasteiger partial charge in [0, 0.05) is 0 Å². The average molecular weight is 241 g/mol. The van der Waals surface area contributed by atoms with Gasteiger partial charge in [-0.15, -0.1) is 21.8 Å². The van der Waals surface area contributed by atoms with E-state index in [0.717, 1.165) is 0 Å². The van der Waals surface area contributed by atoms with Gasteiger partial charge in [-0.3, -0.25) is 0 Å². The van der Waals surface area contributed by atoms with E-state index in [1.165, 1.54) is 6.07 Å². The molecular weight excluding hydrogens is 231 g/mol. The first kappa shape index (κ1) is 11.1. The maximum Gasteiger partial charge on any atom is 0.234 e. The van der Waals surface area contributed by atoms with E-state index in [1.807, 2.05) is 0 Å². The highest BCUT2D eigenvalue weighted by molar-refractivity contribution is 6.20. The molecular formula is C11H10ClFN2O. The van der Waals surface area contributed by atoms with E-state index >= 15 is 0 Å². The van der Waals surface area contributed by atoms with Gasteiger partial charge in [-0.25, -0.2) is 4.39 Å². The van der Waals surface area contributed by atoms with Crippen LogP contribution in [0.1, 0.15) is 29.6 Å². The molecule has 1 atom stereocenters. The van der Waals surface area contributed by atoms with Gasteiger partial charge in [-0.1, -0.05) is 18.2 Å². The molecule has 0 amide bonds. The van der Waals surface area contributed by atoms with Crippen molar-refractivity contribution >= 4 is 11.6 Å². The highest BCUT2D eigenvalue weighted by Gasteiger charge is 2.12. The molecule has 0 aliphatic heterocycles. The van der Waals surface area contributed by atoms with E-state index in [-0.39, 0.29) is 17.6 Å². The first-order chi connectivity index (χ1) is 7.66. The summed E-state index contributed by atoms with van der Waals surface area (Å²) in [5.74, 6) is 0.446. The predicted octanol–water partition coefficient (Wildman–Crippen LogP) is 3.10. The molecule has 2 rings (SSSR count). The molecule has 1 aromatic heterocycles. The number of benzene rings is 1. The van der Waals surface area contributed by atoms with Crippen molar-refractivity contribution in [2.75, 3.05) is 0 Å². The molecule has 1 unspecified atom stereocenters. The lowest BCUT2D eigenvalue weighted by Gasteiger charge is -1.98. The Hall–Kier alpha value is -1.42. The standard InChI is InChI=1S/C11H10ClFN2O/c1-7(12)11-15-14-10(16-11)6-8-4-2-3-5-9(8)13/h2-5,7H,6H2,1H3. The molecule has 1 heterocycles. The highest BCUT2D eigenvalue weighted by atomic mass is 35.5. The summed E-state index contributed by atoms with van der Waals surface area (Å²) in [4.78, 5) is 0. The Morgan fingerprint density at radius 3 is 2.75 bits per heavy atom. The van der Waals surface area contributed by atoms with Crippen LogP contribution in [0.15, 0.2) is 28.7 Å². The zero-order chi connectivity index (χ0) is 11.5. The molecule has 5 heteroatoms. The Morgan fingerprint density at radius 1 is 1.38 bits per heavy atom. The van der Waals surface area contributed by atoms with Crippen molar-refractivity contribution in [2.24, 2.45) is 0 Å². The van der Waals surface area contributed by atoms with Gasteiger partial charge >= 0.3 is 0 Å². The maximum absolute atomic E-state index is 13.3. The minimum atomic E-state index is -0.332. The van der Waals surface area contributed by atoms with Crippen LogP contribution in [0.25, 0.3) is 0 Å². The molecule has 2 aromatic rings. The number of halogens is 2. The van der Waals surface area contributed by atoms with E-state index in [2.05, 4.69) is 10.2 Å². The third kappa shape index (κ3) is 2.39. The molecule has 0 saturated heterocycles. The lowest BCUT2D eigenvalue weighted by atomic mass is 10.1. The third-order valence-electron chi connectivity index (χ3n) is 2.12. The van der Waals surface area contributed by atoms with Gasteiger partial charge in [0.15, 0.2) is 0 Å². The molecule has 3 nitrogen and oxygen atoms in total. The van der Waals surface area contributed by atoms with Crippen molar-refractivity contribution in [1.29, 1.82) is 0 Å². The average Bonchev–Trinajstić information content (AvgIpc) is 2.70. The molecule has 0 N–H and O–H groups in total. The van der Waals surface area contributed by atoms with Crippen LogP contribution >= 0.6 is 11.6 Å². The van der Waals surface area contributed by atoms with Crippen LogP contribution in [0.5, 0.6) is 0 Å². The van der Waals surface area contributed by atoms with Crippen LogP contribution in [-0.4, -0.2) is 10.2 Å². The predicted molar refractivity (Wildman–Crippen MR) is 57.8 cm³/mol. The molecule has 0 saturated carbocycles. The fraction of sp³-hybridized carbons (Fsp3) is 0.273. The zero-order valence-electron chi connectivity index (χ0n) is 8.65. The van der Waals surface area contributed by atoms with Crippen molar-refractivity contribution in [3.05, 3.63) is 47.4 Å². The number of hydrogen-bond donors (Lipinski definition) is 0. The maximum atomic E-state index is 13.3. The molecule has 0 aliphatic carbocycles. The molecule has 0 bridgehead atoms. The summed E-state index contributed by atoms with van der Waals surface area (Å²) in [7, 11) is 0. The lowest BCUT2D eigenvalue weighted by molar-refractivity contribution is 0.455. The van der Waals surface area contributed by atoms with Crippen molar-refractivity contribution in [1.82, 2.24) is 10.2 Å². The van der Waals surface area contributed by atoms with Gasteiger partial charge in [0.25, 0.3) is 0 Å². The molecule has 0 spiro atoms. The van der Waals surface area contributed by atoms with Crippen LogP contribution in [-0.2, 0) is 6.42 Å². The Bertz CT molecular complexity index is 484. The number of rotatable bonds is 3. The quantitative estimate of drug-likeness (QED) is 0.774. The largest absolute Gasteiger partial charge is 0.423 e. The van der Waals surface area contributed by atoms with Gasteiger partial charge in [0.05, 0.1) is 6.42 Å². The SMILES string of the molecule is CC(Cl)c1nnc(Cc2ccccc2F)o1. The van der Waals surface area contributed by atoms with E-state index in [1.54, 1.807) is 25.1 Å². The van der Waals surface area contributed by atoms with Gasteiger partial charge in [-0.2, -0.15) is 0 Å². The first-order valence-electron chi connectivity index (χ1n) is 4.86. The van der Waals surface area contributed by atoms with Gasteiger partial charge in [0.2, 0.25) is 11.8 Å². The number of hydrogen-bond acceptors (Lipinski definition) is 3. The summed E-state index contributed by atoms with van der Waals surface area (Å²) < 4.78 is 18.6. The number of aromatic nitrogens is 2. The van der Waals surface area contributed by atoms with Crippen molar-refractivity contribution in [3.63, 3.8) is 0 Å². The van der Waals surface area contributed by atoms with E-state index in [9.17, 15) is 4.39 Å². The summed E-state index contributed by atoms with van der Waals surface area (Å²) in [5.41, 5.74) is 0.528. The van der Waals surface area contributed by atoms with Gasteiger partial charge in [-0.05, 0) is 18.6 Å². The Morgan fingerprint density at radius 2 is 2.12 bits per heavy atom. The molecule has 0 aliphatic rings. The van der Waals surface area contributed by atoms with Crippen LogP contribution < -0.4 is 0 Å². The Balaban J connectivity index is 2.18. The molecule has 0 fully saturated rings. The minimum Gasteiger partial charge on any atom is -0.423 e. The summed E-state index contributed by atoms with van der Waals surface area (Å²) in [6.45, 7) is 1.74. The third-order valence-corrected chi connectivity index (χ3v) is 2.31. The van der Waals surface area contributed by atoms with E-state index in [4.69, 9.17) is 16.0 Å². The van der Waals surface area contributed by atoms with Crippen LogP contribution in [0.3, 0.4) is 0 Å². The van der Waals surface area contributed by atoms with Crippen LogP contribution in [0.2, 0.25) is 0 Å². The highest BCUT2D eigenvalue weighted by Crippen LogP contribution is 2.19. The second-order valence-electron chi connectivity index (χ2n) is 3.42. The lowest BCUT2D eigenvalue weighted by Crippen LogP contribution is -1.92. The minimum absolute atomic E-state index is 0.277. The topological polar surface area (TPSA) is 38.9 Å². The number of alkyl halides is 1. The molecule has 0 radical (unpaired) electrons. The Kier molecular flexibility index (Phi) is 3.19. The summed E-state index contributed by atoms with van der Waals surface area (Å²) in [5, 5.41) is 7.24. The fourth-order valence-electron chi connectivity index (χ4n) is 1.30. The van der Waals surface area contributed by atoms with E-state index in [0.29, 0.717) is 17.3 Å². The fourth-order valence-corrected chi connectivity index (χ4v) is 1.39. The van der Waals surface area contributed by atoms with Gasteiger partial charge in [0.1, 0.15) is 11.2 Å². The zero-order valence-corrected chi connectivity index (χ0v) is 9.41. The Labute approximate surface area is 97.3 Å².